The van der Waals surface area contributed by atoms with Gasteiger partial charge in [0.2, 0.25) is 0 Å². The van der Waals surface area contributed by atoms with E-state index in [0.717, 1.165) is 11.3 Å². The molecule has 4 N–H and O–H groups in total. The number of nitrogens with two attached hydrogens (primary N) is 1. The van der Waals surface area contributed by atoms with Crippen LogP contribution in [0.1, 0.15) is 29.3 Å². The molecule has 1 heterocycles. The third-order valence-electron chi connectivity index (χ3n) is 3.77. The zero-order valence-electron chi connectivity index (χ0n) is 11.4. The van der Waals surface area contributed by atoms with Gasteiger partial charge >= 0.3 is 0 Å². The largest absolute Gasteiger partial charge is 0.393 e. The van der Waals surface area contributed by atoms with E-state index in [0.29, 0.717) is 25.1 Å². The maximum atomic E-state index is 12.5. The quantitative estimate of drug-likeness (QED) is 0.552. The van der Waals surface area contributed by atoms with Crippen molar-refractivity contribution in [3.05, 3.63) is 29.3 Å². The van der Waals surface area contributed by atoms with Gasteiger partial charge in [-0.2, -0.15) is 0 Å². The van der Waals surface area contributed by atoms with Gasteiger partial charge in [0.05, 0.1) is 6.10 Å². The summed E-state index contributed by atoms with van der Waals surface area (Å²) >= 11 is 0. The lowest BCUT2D eigenvalue weighted by Crippen LogP contribution is -2.45. The number of hydrogen-bond acceptors (Lipinski definition) is 4. The zero-order valence-corrected chi connectivity index (χ0v) is 11.4. The molecule has 1 aliphatic heterocycles. The molecule has 5 heteroatoms. The van der Waals surface area contributed by atoms with Crippen LogP contribution in [0.4, 0.5) is 5.69 Å². The summed E-state index contributed by atoms with van der Waals surface area (Å²) in [6.07, 6.45) is 0.350. The van der Waals surface area contributed by atoms with Gasteiger partial charge in [0.15, 0.2) is 0 Å². The van der Waals surface area contributed by atoms with Gasteiger partial charge in [0.1, 0.15) is 0 Å². The van der Waals surface area contributed by atoms with Crippen LogP contribution in [-0.4, -0.2) is 35.1 Å². The summed E-state index contributed by atoms with van der Waals surface area (Å²) in [7, 11) is 0. The Kier molecular flexibility index (Phi) is 4.07. The average Bonchev–Trinajstić information content (AvgIpc) is 2.41. The van der Waals surface area contributed by atoms with E-state index in [1.807, 2.05) is 24.8 Å². The van der Waals surface area contributed by atoms with E-state index in [4.69, 9.17) is 5.84 Å². The number of nitrogens with one attached hydrogen (secondary N) is 1. The number of rotatable bonds is 2. The van der Waals surface area contributed by atoms with Gasteiger partial charge in [-0.15, -0.1) is 0 Å². The first-order valence-corrected chi connectivity index (χ1v) is 6.57. The lowest BCUT2D eigenvalue weighted by Gasteiger charge is -2.34. The van der Waals surface area contributed by atoms with Crippen LogP contribution in [0.25, 0.3) is 0 Å². The molecule has 1 fully saturated rings. The van der Waals surface area contributed by atoms with Crippen LogP contribution < -0.4 is 11.3 Å². The minimum atomic E-state index is -0.297. The Labute approximate surface area is 113 Å². The number of anilines is 1. The number of aryl methyl sites for hydroxylation is 1. The number of piperidine rings is 1. The van der Waals surface area contributed by atoms with Crippen molar-refractivity contribution in [2.75, 3.05) is 18.5 Å². The first kappa shape index (κ1) is 13.8. The van der Waals surface area contributed by atoms with E-state index in [2.05, 4.69) is 5.43 Å². The summed E-state index contributed by atoms with van der Waals surface area (Å²) in [6.45, 7) is 5.09. The number of amides is 1. The van der Waals surface area contributed by atoms with Gasteiger partial charge in [-0.25, -0.2) is 0 Å². The lowest BCUT2D eigenvalue weighted by atomic mass is 9.95. The van der Waals surface area contributed by atoms with Gasteiger partial charge < -0.3 is 15.4 Å². The van der Waals surface area contributed by atoms with Crippen molar-refractivity contribution in [3.63, 3.8) is 0 Å². The fourth-order valence-electron chi connectivity index (χ4n) is 2.48. The van der Waals surface area contributed by atoms with E-state index < -0.39 is 0 Å². The summed E-state index contributed by atoms with van der Waals surface area (Å²) < 4.78 is 0. The number of hydrogen-bond donors (Lipinski definition) is 3. The Balaban J connectivity index is 2.16. The molecule has 1 aromatic rings. The molecule has 0 aromatic heterocycles. The van der Waals surface area contributed by atoms with Crippen molar-refractivity contribution in [2.45, 2.75) is 26.4 Å². The molecule has 5 nitrogen and oxygen atoms in total. The second kappa shape index (κ2) is 5.59. The fraction of sp³-hybridized carbons (Fsp3) is 0.500. The van der Waals surface area contributed by atoms with Crippen LogP contribution in [0.15, 0.2) is 18.2 Å². The van der Waals surface area contributed by atoms with Gasteiger partial charge in [0.25, 0.3) is 5.91 Å². The summed E-state index contributed by atoms with van der Waals surface area (Å²) in [5, 5.41) is 9.71. The highest BCUT2D eigenvalue weighted by Gasteiger charge is 2.28. The number of hydrazine groups is 1. The van der Waals surface area contributed by atoms with Crippen LogP contribution in [-0.2, 0) is 0 Å². The molecule has 0 saturated carbocycles. The van der Waals surface area contributed by atoms with E-state index >= 15 is 0 Å². The van der Waals surface area contributed by atoms with Gasteiger partial charge in [-0.1, -0.05) is 6.92 Å². The van der Waals surface area contributed by atoms with E-state index in [9.17, 15) is 9.90 Å². The molecule has 1 amide bonds. The second-order valence-corrected chi connectivity index (χ2v) is 5.26. The highest BCUT2D eigenvalue weighted by molar-refractivity contribution is 5.96. The maximum absolute atomic E-state index is 12.5. The van der Waals surface area contributed by atoms with Crippen LogP contribution in [0.3, 0.4) is 0 Å². The Morgan fingerprint density at radius 1 is 1.53 bits per heavy atom. The maximum Gasteiger partial charge on any atom is 0.254 e. The Morgan fingerprint density at radius 2 is 2.26 bits per heavy atom. The molecule has 2 unspecified atom stereocenters. The summed E-state index contributed by atoms with van der Waals surface area (Å²) in [5.41, 5.74) is 4.96. The van der Waals surface area contributed by atoms with Gasteiger partial charge in [0, 0.05) is 24.3 Å². The molecule has 0 radical (unpaired) electrons. The highest BCUT2D eigenvalue weighted by atomic mass is 16.3. The summed E-state index contributed by atoms with van der Waals surface area (Å²) in [4.78, 5) is 14.3. The molecule has 104 valence electrons. The minimum Gasteiger partial charge on any atom is -0.393 e. The number of benzene rings is 1. The monoisotopic (exact) mass is 263 g/mol. The van der Waals surface area contributed by atoms with Gasteiger partial charge in [-0.3, -0.25) is 10.6 Å². The molecule has 1 saturated heterocycles. The number of carbonyl (C=O) groups excluding carboxylic acids is 1. The molecule has 0 bridgehead atoms. The topological polar surface area (TPSA) is 78.6 Å². The molecule has 1 aromatic carbocycles. The predicted molar refractivity (Wildman–Crippen MR) is 74.7 cm³/mol. The van der Waals surface area contributed by atoms with Crippen molar-refractivity contribution >= 4 is 11.6 Å². The smallest absolute Gasteiger partial charge is 0.254 e. The first-order valence-electron chi connectivity index (χ1n) is 6.57. The van der Waals surface area contributed by atoms with Gasteiger partial charge in [-0.05, 0) is 43.0 Å². The average molecular weight is 263 g/mol. The number of carbonyl (C=O) groups is 1. The summed E-state index contributed by atoms with van der Waals surface area (Å²) in [5.74, 6) is 5.50. The van der Waals surface area contributed by atoms with Crippen molar-refractivity contribution in [2.24, 2.45) is 11.8 Å². The van der Waals surface area contributed by atoms with Crippen molar-refractivity contribution < 1.29 is 9.90 Å². The zero-order chi connectivity index (χ0) is 14.0. The molecule has 0 aliphatic carbocycles. The Morgan fingerprint density at radius 3 is 2.84 bits per heavy atom. The Bertz CT molecular complexity index is 476. The van der Waals surface area contributed by atoms with Crippen molar-refractivity contribution in [1.82, 2.24) is 4.90 Å². The van der Waals surface area contributed by atoms with Crippen LogP contribution >= 0.6 is 0 Å². The number of aliphatic hydroxyl groups is 1. The SMILES string of the molecule is Cc1cc(NN)ccc1C(=O)N1CCC(O)C(C)C1. The molecule has 2 rings (SSSR count). The molecule has 19 heavy (non-hydrogen) atoms. The van der Waals surface area contributed by atoms with E-state index in [-0.39, 0.29) is 17.9 Å². The molecular formula is C14H21N3O2. The molecule has 0 spiro atoms. The molecule has 2 atom stereocenters. The van der Waals surface area contributed by atoms with Crippen LogP contribution in [0.5, 0.6) is 0 Å². The number of nitrogens with zero attached hydrogens (tertiary/aromatic N) is 1. The number of likely N-dealkylation sites (tertiary alicyclic amines) is 1. The van der Waals surface area contributed by atoms with Crippen LogP contribution in [0.2, 0.25) is 0 Å². The third-order valence-corrected chi connectivity index (χ3v) is 3.77. The Hall–Kier alpha value is -1.59. The normalized spacial score (nSPS) is 23.3. The first-order chi connectivity index (χ1) is 9.02. The molecule has 1 aliphatic rings. The van der Waals surface area contributed by atoms with E-state index in [1.165, 1.54) is 0 Å². The number of nitrogen functional groups attached to an aromatic ring is 1. The minimum absolute atomic E-state index is 0.0276. The number of aliphatic hydroxyl groups excluding tert-OH is 1. The van der Waals surface area contributed by atoms with Crippen molar-refractivity contribution in [1.29, 1.82) is 0 Å². The fourth-order valence-corrected chi connectivity index (χ4v) is 2.48. The van der Waals surface area contributed by atoms with E-state index in [1.54, 1.807) is 12.1 Å². The predicted octanol–water partition coefficient (Wildman–Crippen LogP) is 1.12. The van der Waals surface area contributed by atoms with Crippen LogP contribution in [0, 0.1) is 12.8 Å². The molecular weight excluding hydrogens is 242 g/mol. The standard InChI is InChI=1S/C14H21N3O2/c1-9-7-11(16-15)3-4-12(9)14(19)17-6-5-13(18)10(2)8-17/h3-4,7,10,13,16,18H,5-6,8,15H2,1-2H3. The second-order valence-electron chi connectivity index (χ2n) is 5.26. The highest BCUT2D eigenvalue weighted by Crippen LogP contribution is 2.21. The third kappa shape index (κ3) is 2.88. The summed E-state index contributed by atoms with van der Waals surface area (Å²) in [6, 6.07) is 5.44. The lowest BCUT2D eigenvalue weighted by molar-refractivity contribution is 0.0297. The van der Waals surface area contributed by atoms with Crippen molar-refractivity contribution in [3.8, 4) is 0 Å².